The summed E-state index contributed by atoms with van der Waals surface area (Å²) < 4.78 is 42.0. The molecule has 1 aromatic heterocycles. The Morgan fingerprint density at radius 1 is 1.00 bits per heavy atom. The number of sulfonamides is 1. The van der Waals surface area contributed by atoms with E-state index in [1.54, 1.807) is 42.8 Å². The Hall–Kier alpha value is -3.04. The van der Waals surface area contributed by atoms with Crippen molar-refractivity contribution in [2.75, 3.05) is 0 Å². The van der Waals surface area contributed by atoms with Gasteiger partial charge in [0.2, 0.25) is 10.0 Å². The van der Waals surface area contributed by atoms with E-state index in [2.05, 4.69) is 15.1 Å². The van der Waals surface area contributed by atoms with Crippen molar-refractivity contribution >= 4 is 15.9 Å². The number of nitrogens with zero attached hydrogens (tertiary/aromatic N) is 2. The average Bonchev–Trinajstić information content (AvgIpc) is 2.99. The van der Waals surface area contributed by atoms with Crippen molar-refractivity contribution in [1.29, 1.82) is 0 Å². The van der Waals surface area contributed by atoms with E-state index in [-0.39, 0.29) is 23.5 Å². The molecule has 0 aliphatic heterocycles. The third-order valence-corrected chi connectivity index (χ3v) is 7.51. The minimum Gasteiger partial charge on any atom is -0.347 e. The quantitative estimate of drug-likeness (QED) is 0.459. The summed E-state index contributed by atoms with van der Waals surface area (Å²) in [7, 11) is -3.39. The largest absolute Gasteiger partial charge is 0.347 e. The topological polar surface area (TPSA) is 93.1 Å². The van der Waals surface area contributed by atoms with Crippen LogP contribution in [0.25, 0.3) is 5.69 Å². The first-order chi connectivity index (χ1) is 16.7. The second-order valence-corrected chi connectivity index (χ2v) is 11.0. The smallest absolute Gasteiger partial charge is 0.272 e. The van der Waals surface area contributed by atoms with Crippen LogP contribution in [0.3, 0.4) is 0 Å². The predicted molar refractivity (Wildman–Crippen MR) is 133 cm³/mol. The molecule has 0 saturated heterocycles. The minimum absolute atomic E-state index is 0.0925. The Kier molecular flexibility index (Phi) is 7.66. The number of halogens is 1. The van der Waals surface area contributed by atoms with E-state index in [1.165, 1.54) is 12.1 Å². The lowest BCUT2D eigenvalue weighted by Gasteiger charge is -2.10. The zero-order valence-corrected chi connectivity index (χ0v) is 20.9. The van der Waals surface area contributed by atoms with Crippen LogP contribution in [-0.2, 0) is 35.2 Å². The second kappa shape index (κ2) is 10.7. The normalized spacial score (nSPS) is 13.9. The number of rotatable bonds is 8. The van der Waals surface area contributed by atoms with Gasteiger partial charge in [-0.15, -0.1) is 0 Å². The Bertz CT molecular complexity index is 1280. The maximum Gasteiger partial charge on any atom is 0.272 e. The molecular formula is C26H31FN4O3S. The first kappa shape index (κ1) is 25.1. The zero-order valence-electron chi connectivity index (χ0n) is 20.1. The molecule has 2 aromatic carbocycles. The number of aromatic nitrogens is 2. The maximum atomic E-state index is 13.4. The van der Waals surface area contributed by atoms with Crippen LogP contribution < -0.4 is 10.0 Å². The first-order valence-corrected chi connectivity index (χ1v) is 13.6. The highest BCUT2D eigenvalue weighted by atomic mass is 32.2. The third-order valence-electron chi connectivity index (χ3n) is 5.96. The zero-order chi connectivity index (χ0) is 25.0. The lowest BCUT2D eigenvalue weighted by molar-refractivity contribution is 0.0944. The summed E-state index contributed by atoms with van der Waals surface area (Å²) in [5, 5.41) is 7.58. The molecule has 0 spiro atoms. The van der Waals surface area contributed by atoms with Crippen molar-refractivity contribution in [2.24, 2.45) is 0 Å². The molecule has 0 atom stereocenters. The van der Waals surface area contributed by atoms with Crippen molar-refractivity contribution in [3.8, 4) is 5.69 Å². The van der Waals surface area contributed by atoms with E-state index in [4.69, 9.17) is 0 Å². The van der Waals surface area contributed by atoms with Gasteiger partial charge in [-0.2, -0.15) is 5.10 Å². The molecule has 4 rings (SSSR count). The molecule has 186 valence electrons. The molecule has 9 heteroatoms. The Morgan fingerprint density at radius 2 is 1.66 bits per heavy atom. The average molecular weight is 499 g/mol. The number of hydrogen-bond donors (Lipinski definition) is 2. The first-order valence-electron chi connectivity index (χ1n) is 11.9. The fourth-order valence-corrected chi connectivity index (χ4v) is 5.83. The van der Waals surface area contributed by atoms with Crippen molar-refractivity contribution in [3.05, 3.63) is 82.4 Å². The van der Waals surface area contributed by atoms with Crippen molar-refractivity contribution in [3.63, 3.8) is 0 Å². The monoisotopic (exact) mass is 498 g/mol. The molecule has 7 nitrogen and oxygen atoms in total. The summed E-state index contributed by atoms with van der Waals surface area (Å²) in [6, 6.07) is 13.1. The van der Waals surface area contributed by atoms with Gasteiger partial charge in [-0.3, -0.25) is 4.79 Å². The van der Waals surface area contributed by atoms with Crippen LogP contribution in [0.5, 0.6) is 0 Å². The highest BCUT2D eigenvalue weighted by Crippen LogP contribution is 2.26. The Balaban J connectivity index is 1.48. The number of benzene rings is 2. The van der Waals surface area contributed by atoms with Crippen LogP contribution in [0, 0.1) is 5.82 Å². The van der Waals surface area contributed by atoms with Crippen LogP contribution in [0.15, 0.2) is 48.5 Å². The molecule has 0 bridgehead atoms. The molecule has 0 unspecified atom stereocenters. The van der Waals surface area contributed by atoms with Gasteiger partial charge in [0.1, 0.15) is 5.82 Å². The summed E-state index contributed by atoms with van der Waals surface area (Å²) >= 11 is 0. The summed E-state index contributed by atoms with van der Waals surface area (Å²) in [5.41, 5.74) is 4.66. The van der Waals surface area contributed by atoms with Crippen LogP contribution in [0.2, 0.25) is 0 Å². The number of nitrogens with one attached hydrogen (secondary N) is 2. The third kappa shape index (κ3) is 6.35. The van der Waals surface area contributed by atoms with Crippen LogP contribution in [-0.4, -0.2) is 30.1 Å². The van der Waals surface area contributed by atoms with Gasteiger partial charge in [0.05, 0.1) is 11.4 Å². The van der Waals surface area contributed by atoms with Gasteiger partial charge in [0, 0.05) is 23.8 Å². The fraction of sp³-hybridized carbons (Fsp3) is 0.385. The van der Waals surface area contributed by atoms with Gasteiger partial charge in [0.15, 0.2) is 5.69 Å². The Labute approximate surface area is 205 Å². The van der Waals surface area contributed by atoms with E-state index in [0.717, 1.165) is 54.6 Å². The van der Waals surface area contributed by atoms with E-state index in [9.17, 15) is 17.6 Å². The molecule has 3 aromatic rings. The molecule has 1 amide bonds. The summed E-state index contributed by atoms with van der Waals surface area (Å²) in [4.78, 5) is 13.1. The van der Waals surface area contributed by atoms with Gasteiger partial charge in [-0.25, -0.2) is 22.2 Å². The van der Waals surface area contributed by atoms with Gasteiger partial charge in [0.25, 0.3) is 5.91 Å². The fourth-order valence-electron chi connectivity index (χ4n) is 4.39. The van der Waals surface area contributed by atoms with E-state index in [0.29, 0.717) is 17.8 Å². The van der Waals surface area contributed by atoms with Crippen molar-refractivity contribution in [2.45, 2.75) is 64.3 Å². The van der Waals surface area contributed by atoms with Crippen LogP contribution in [0.4, 0.5) is 4.39 Å². The molecule has 2 N–H and O–H groups in total. The molecule has 35 heavy (non-hydrogen) atoms. The van der Waals surface area contributed by atoms with Gasteiger partial charge >= 0.3 is 0 Å². The van der Waals surface area contributed by atoms with Crippen LogP contribution >= 0.6 is 0 Å². The van der Waals surface area contributed by atoms with E-state index in [1.807, 2.05) is 12.1 Å². The number of amides is 1. The minimum atomic E-state index is -3.39. The second-order valence-electron chi connectivity index (χ2n) is 9.25. The molecule has 1 heterocycles. The molecule has 0 saturated carbocycles. The predicted octanol–water partition coefficient (Wildman–Crippen LogP) is 4.04. The van der Waals surface area contributed by atoms with Crippen molar-refractivity contribution < 1.29 is 17.6 Å². The molecular weight excluding hydrogens is 467 g/mol. The van der Waals surface area contributed by atoms with Gasteiger partial charge < -0.3 is 5.32 Å². The SMILES string of the molecule is CC(C)NS(=O)(=O)Cc1ccc(CNC(=O)c2nn(-c3ccc(F)cc3)c3c2CCCCC3)cc1. The molecule has 1 aliphatic carbocycles. The lowest BCUT2D eigenvalue weighted by atomic mass is 10.1. The number of fused-ring (bicyclic) bond motifs is 1. The van der Waals surface area contributed by atoms with E-state index < -0.39 is 10.0 Å². The summed E-state index contributed by atoms with van der Waals surface area (Å²) in [5.74, 6) is -0.660. The number of carbonyl (C=O) groups excluding carboxylic acids is 1. The van der Waals surface area contributed by atoms with Gasteiger partial charge in [-0.05, 0) is 74.9 Å². The molecule has 0 fully saturated rings. The standard InChI is InChI=1S/C26H31FN4O3S/c1-18(2)30-35(33,34)17-20-10-8-19(9-11-20)16-28-26(32)25-23-6-4-3-5-7-24(23)31(29-25)22-14-12-21(27)13-15-22/h8-15,18,30H,3-7,16-17H2,1-2H3,(H,28,32). The highest BCUT2D eigenvalue weighted by Gasteiger charge is 2.24. The lowest BCUT2D eigenvalue weighted by Crippen LogP contribution is -2.31. The highest BCUT2D eigenvalue weighted by molar-refractivity contribution is 7.88. The number of hydrogen-bond acceptors (Lipinski definition) is 4. The molecule has 1 aliphatic rings. The molecule has 0 radical (unpaired) electrons. The van der Waals surface area contributed by atoms with Gasteiger partial charge in [-0.1, -0.05) is 30.7 Å². The van der Waals surface area contributed by atoms with E-state index >= 15 is 0 Å². The summed E-state index contributed by atoms with van der Waals surface area (Å²) in [6.07, 6.45) is 4.72. The van der Waals surface area contributed by atoms with Crippen LogP contribution in [0.1, 0.15) is 66.0 Å². The number of carbonyl (C=O) groups is 1. The van der Waals surface area contributed by atoms with Crippen molar-refractivity contribution in [1.82, 2.24) is 19.8 Å². The maximum absolute atomic E-state index is 13.4. The summed E-state index contributed by atoms with van der Waals surface area (Å²) in [6.45, 7) is 3.87. The Morgan fingerprint density at radius 3 is 2.34 bits per heavy atom.